The van der Waals surface area contributed by atoms with Crippen LogP contribution >= 0.6 is 0 Å². The number of esters is 1. The Morgan fingerprint density at radius 1 is 1.15 bits per heavy atom. The third-order valence-corrected chi connectivity index (χ3v) is 5.61. The normalized spacial score (nSPS) is 22.8. The number of ether oxygens (including phenoxy) is 1. The lowest BCUT2D eigenvalue weighted by Gasteiger charge is -2.11. The van der Waals surface area contributed by atoms with E-state index in [9.17, 15) is 35.9 Å². The second-order valence-corrected chi connectivity index (χ2v) is 8.21. The molecule has 0 bridgehead atoms. The molecule has 0 amide bonds. The molecule has 0 saturated heterocycles. The Bertz CT molecular complexity index is 838. The minimum absolute atomic E-state index is 0.834. The molecule has 0 aromatic heterocycles. The zero-order valence-corrected chi connectivity index (χ0v) is 14.7. The summed E-state index contributed by atoms with van der Waals surface area (Å²) in [5.41, 5.74) is -5.34. The van der Waals surface area contributed by atoms with E-state index < -0.39 is 79.8 Å². The fraction of sp³-hybridized carbons (Fsp3) is 0.533. The average Bonchev–Trinajstić information content (AvgIpc) is 3.11. The van der Waals surface area contributed by atoms with E-state index in [0.29, 0.717) is 0 Å². The first-order valence-electron chi connectivity index (χ1n) is 7.35. The highest BCUT2D eigenvalue weighted by atomic mass is 32.2. The number of carbonyl (C=O) groups excluding carboxylic acids is 1. The van der Waals surface area contributed by atoms with Gasteiger partial charge in [0, 0.05) is 11.5 Å². The van der Waals surface area contributed by atoms with Gasteiger partial charge in [0.1, 0.15) is 6.61 Å². The van der Waals surface area contributed by atoms with E-state index in [0.717, 1.165) is 6.92 Å². The fourth-order valence-corrected chi connectivity index (χ4v) is 3.87. The number of halogens is 4. The molecule has 1 aliphatic carbocycles. The summed E-state index contributed by atoms with van der Waals surface area (Å²) in [6.45, 7) is 2.52. The SMILES string of the molecule is Cc1c(F)c(F)c(COC(=O)C2C(C(O)S(=O)(=O)O)C2(C)C)c(F)c1F. The van der Waals surface area contributed by atoms with Crippen LogP contribution in [0, 0.1) is 47.4 Å². The average molecular weight is 400 g/mol. The number of aliphatic hydroxyl groups excluding tert-OH is 1. The molecule has 146 valence electrons. The Kier molecular flexibility index (Phi) is 5.12. The number of hydrogen-bond acceptors (Lipinski definition) is 5. The molecule has 1 saturated carbocycles. The lowest BCUT2D eigenvalue weighted by Crippen LogP contribution is -2.25. The van der Waals surface area contributed by atoms with E-state index in [-0.39, 0.29) is 0 Å². The molecule has 11 heteroatoms. The van der Waals surface area contributed by atoms with Crippen molar-refractivity contribution in [2.75, 3.05) is 0 Å². The first-order chi connectivity index (χ1) is 11.7. The number of aliphatic hydroxyl groups is 1. The number of hydrogen-bond donors (Lipinski definition) is 2. The zero-order chi connectivity index (χ0) is 20.2. The van der Waals surface area contributed by atoms with Gasteiger partial charge in [-0.3, -0.25) is 9.35 Å². The van der Waals surface area contributed by atoms with E-state index in [1.807, 2.05) is 0 Å². The maximum absolute atomic E-state index is 13.8. The lowest BCUT2D eigenvalue weighted by atomic mass is 10.1. The maximum atomic E-state index is 13.8. The standard InChI is InChI=1S/C15H16F4O6S/c1-5-9(16)11(18)6(12(19)10(5)17)4-25-13(20)7-8(15(7,2)3)14(21)26(22,23)24/h7-8,14,21H,4H2,1-3H3,(H,22,23,24). The van der Waals surface area contributed by atoms with Crippen LogP contribution in [0.1, 0.15) is 25.0 Å². The molecule has 26 heavy (non-hydrogen) atoms. The van der Waals surface area contributed by atoms with Crippen LogP contribution in [-0.4, -0.2) is 29.5 Å². The van der Waals surface area contributed by atoms with Crippen molar-refractivity contribution in [1.82, 2.24) is 0 Å². The summed E-state index contributed by atoms with van der Waals surface area (Å²) in [5.74, 6) is -10.2. The Hall–Kier alpha value is -1.72. The molecule has 0 heterocycles. The smallest absolute Gasteiger partial charge is 0.310 e. The van der Waals surface area contributed by atoms with Gasteiger partial charge >= 0.3 is 5.97 Å². The van der Waals surface area contributed by atoms with Crippen molar-refractivity contribution in [1.29, 1.82) is 0 Å². The predicted octanol–water partition coefficient (Wildman–Crippen LogP) is 2.07. The van der Waals surface area contributed by atoms with Crippen LogP contribution in [-0.2, 0) is 26.3 Å². The van der Waals surface area contributed by atoms with E-state index in [4.69, 9.17) is 4.55 Å². The van der Waals surface area contributed by atoms with E-state index in [2.05, 4.69) is 4.74 Å². The number of benzene rings is 1. The van der Waals surface area contributed by atoms with Gasteiger partial charge in [0.2, 0.25) is 0 Å². The van der Waals surface area contributed by atoms with E-state index in [1.165, 1.54) is 13.8 Å². The molecular formula is C15H16F4O6S. The van der Waals surface area contributed by atoms with Gasteiger partial charge in [0.25, 0.3) is 10.1 Å². The summed E-state index contributed by atoms with van der Waals surface area (Å²) in [6.07, 6.45) is 0. The maximum Gasteiger partial charge on any atom is 0.310 e. The Morgan fingerprint density at radius 2 is 1.62 bits per heavy atom. The Morgan fingerprint density at radius 3 is 2.04 bits per heavy atom. The van der Waals surface area contributed by atoms with Gasteiger partial charge in [-0.2, -0.15) is 8.42 Å². The van der Waals surface area contributed by atoms with Gasteiger partial charge in [0.05, 0.1) is 11.5 Å². The topological polar surface area (TPSA) is 101 Å². The van der Waals surface area contributed by atoms with Gasteiger partial charge in [-0.1, -0.05) is 13.8 Å². The van der Waals surface area contributed by atoms with Crippen molar-refractivity contribution in [3.8, 4) is 0 Å². The van der Waals surface area contributed by atoms with Crippen molar-refractivity contribution >= 4 is 16.1 Å². The van der Waals surface area contributed by atoms with Crippen LogP contribution < -0.4 is 0 Å². The summed E-state index contributed by atoms with van der Waals surface area (Å²) < 4.78 is 90.1. The summed E-state index contributed by atoms with van der Waals surface area (Å²) in [5, 5.41) is 9.59. The van der Waals surface area contributed by atoms with Crippen LogP contribution in [0.5, 0.6) is 0 Å². The summed E-state index contributed by atoms with van der Waals surface area (Å²) in [6, 6.07) is 0. The van der Waals surface area contributed by atoms with Crippen LogP contribution in [0.2, 0.25) is 0 Å². The molecule has 1 aromatic rings. The van der Waals surface area contributed by atoms with Crippen LogP contribution in [0.15, 0.2) is 0 Å². The van der Waals surface area contributed by atoms with E-state index >= 15 is 0 Å². The quantitative estimate of drug-likeness (QED) is 0.340. The van der Waals surface area contributed by atoms with Crippen molar-refractivity contribution in [3.63, 3.8) is 0 Å². The predicted molar refractivity (Wildman–Crippen MR) is 79.1 cm³/mol. The highest BCUT2D eigenvalue weighted by Crippen LogP contribution is 2.61. The Labute approximate surface area is 146 Å². The van der Waals surface area contributed by atoms with Crippen LogP contribution in [0.25, 0.3) is 0 Å². The molecule has 3 atom stereocenters. The summed E-state index contributed by atoms with van der Waals surface area (Å²) >= 11 is 0. The molecule has 0 spiro atoms. The van der Waals surface area contributed by atoms with Crippen LogP contribution in [0.3, 0.4) is 0 Å². The monoisotopic (exact) mass is 400 g/mol. The van der Waals surface area contributed by atoms with Crippen molar-refractivity contribution in [2.24, 2.45) is 17.3 Å². The molecule has 2 rings (SSSR count). The molecule has 6 nitrogen and oxygen atoms in total. The van der Waals surface area contributed by atoms with Gasteiger partial charge in [-0.15, -0.1) is 0 Å². The first-order valence-corrected chi connectivity index (χ1v) is 8.85. The largest absolute Gasteiger partial charge is 0.460 e. The molecule has 2 N–H and O–H groups in total. The lowest BCUT2D eigenvalue weighted by molar-refractivity contribution is -0.148. The fourth-order valence-electron chi connectivity index (χ4n) is 2.99. The van der Waals surface area contributed by atoms with E-state index in [1.54, 1.807) is 0 Å². The van der Waals surface area contributed by atoms with Crippen molar-refractivity contribution in [2.45, 2.75) is 32.8 Å². The number of rotatable bonds is 5. The Balaban J connectivity index is 2.19. The second-order valence-electron chi connectivity index (χ2n) is 6.70. The zero-order valence-electron chi connectivity index (χ0n) is 13.9. The molecule has 1 aromatic carbocycles. The second kappa shape index (κ2) is 6.46. The minimum atomic E-state index is -4.85. The first kappa shape index (κ1) is 20.6. The van der Waals surface area contributed by atoms with Crippen molar-refractivity contribution in [3.05, 3.63) is 34.4 Å². The van der Waals surface area contributed by atoms with Crippen molar-refractivity contribution < 1.29 is 45.2 Å². The van der Waals surface area contributed by atoms with Gasteiger partial charge < -0.3 is 9.84 Å². The molecule has 0 radical (unpaired) electrons. The molecular weight excluding hydrogens is 384 g/mol. The highest BCUT2D eigenvalue weighted by Gasteiger charge is 2.67. The van der Waals surface area contributed by atoms with Gasteiger partial charge in [0.15, 0.2) is 28.7 Å². The summed E-state index contributed by atoms with van der Waals surface area (Å²) in [4.78, 5) is 12.1. The molecule has 3 unspecified atom stereocenters. The van der Waals surface area contributed by atoms with Crippen LogP contribution in [0.4, 0.5) is 17.6 Å². The molecule has 1 fully saturated rings. The van der Waals surface area contributed by atoms with Gasteiger partial charge in [-0.25, -0.2) is 17.6 Å². The number of carbonyl (C=O) groups is 1. The molecule has 0 aliphatic heterocycles. The van der Waals surface area contributed by atoms with Gasteiger partial charge in [-0.05, 0) is 12.3 Å². The third kappa shape index (κ3) is 3.30. The highest BCUT2D eigenvalue weighted by molar-refractivity contribution is 7.86. The summed E-state index contributed by atoms with van der Waals surface area (Å²) in [7, 11) is -4.85. The molecule has 1 aliphatic rings. The third-order valence-electron chi connectivity index (χ3n) is 4.71. The minimum Gasteiger partial charge on any atom is -0.460 e.